The first-order chi connectivity index (χ1) is 11.9. The summed E-state index contributed by atoms with van der Waals surface area (Å²) in [5, 5.41) is 2.62. The lowest BCUT2D eigenvalue weighted by atomic mass is 10.1. The quantitative estimate of drug-likeness (QED) is 0.440. The first-order valence-electron chi connectivity index (χ1n) is 7.34. The van der Waals surface area contributed by atoms with Crippen LogP contribution in [0.25, 0.3) is 6.08 Å². The van der Waals surface area contributed by atoms with Gasteiger partial charge in [-0.25, -0.2) is 0 Å². The van der Waals surface area contributed by atoms with E-state index in [1.165, 1.54) is 17.3 Å². The number of amides is 1. The van der Waals surface area contributed by atoms with Crippen molar-refractivity contribution >= 4 is 72.1 Å². The van der Waals surface area contributed by atoms with E-state index >= 15 is 0 Å². The normalized spacial score (nSPS) is 15.6. The highest BCUT2D eigenvalue weighted by molar-refractivity contribution is 9.11. The molecule has 25 heavy (non-hydrogen) atoms. The molecule has 2 aromatic carbocycles. The van der Waals surface area contributed by atoms with E-state index in [0.717, 1.165) is 20.1 Å². The maximum atomic E-state index is 11.9. The zero-order valence-corrected chi connectivity index (χ0v) is 17.9. The summed E-state index contributed by atoms with van der Waals surface area (Å²) in [4.78, 5) is 12.5. The molecule has 0 radical (unpaired) electrons. The smallest absolute Gasteiger partial charge is 0.263 e. The van der Waals surface area contributed by atoms with Gasteiger partial charge in [-0.2, -0.15) is 0 Å². The fourth-order valence-corrected chi connectivity index (χ4v) is 4.65. The molecular formula is C18H13Br2NO2S2. The molecule has 1 heterocycles. The second kappa shape index (κ2) is 8.03. The molecule has 1 aliphatic heterocycles. The number of aryl methyl sites for hydroxylation is 1. The molecule has 1 N–H and O–H groups in total. The van der Waals surface area contributed by atoms with E-state index in [0.29, 0.717) is 21.6 Å². The van der Waals surface area contributed by atoms with E-state index in [2.05, 4.69) is 56.2 Å². The third-order valence-electron chi connectivity index (χ3n) is 3.47. The number of hydrogen-bond acceptors (Lipinski definition) is 4. The summed E-state index contributed by atoms with van der Waals surface area (Å²) in [5.41, 5.74) is 3.09. The van der Waals surface area contributed by atoms with E-state index in [1.807, 2.05) is 24.3 Å². The Balaban J connectivity index is 1.90. The minimum atomic E-state index is -0.185. The molecular weight excluding hydrogens is 486 g/mol. The van der Waals surface area contributed by atoms with Crippen LogP contribution in [0.1, 0.15) is 16.7 Å². The number of thioether (sulfide) groups is 1. The maximum absolute atomic E-state index is 11.9. The summed E-state index contributed by atoms with van der Waals surface area (Å²) in [5.74, 6) is 0.498. The fourth-order valence-electron chi connectivity index (χ4n) is 2.24. The average molecular weight is 499 g/mol. The largest absolute Gasteiger partial charge is 0.487 e. The molecule has 7 heteroatoms. The monoisotopic (exact) mass is 497 g/mol. The van der Waals surface area contributed by atoms with Crippen molar-refractivity contribution in [3.05, 3.63) is 66.9 Å². The van der Waals surface area contributed by atoms with E-state index < -0.39 is 0 Å². The van der Waals surface area contributed by atoms with E-state index in [4.69, 9.17) is 17.0 Å². The van der Waals surface area contributed by atoms with Crippen molar-refractivity contribution in [2.75, 3.05) is 0 Å². The van der Waals surface area contributed by atoms with Crippen molar-refractivity contribution in [1.82, 2.24) is 5.32 Å². The van der Waals surface area contributed by atoms with Gasteiger partial charge in [0.25, 0.3) is 5.91 Å². The SMILES string of the molecule is Cc1ccc(COc2c(Br)cc(Br)cc2/C=C2\SC(=S)NC2=O)cc1. The van der Waals surface area contributed by atoms with Gasteiger partial charge in [-0.1, -0.05) is 69.7 Å². The highest BCUT2D eigenvalue weighted by Gasteiger charge is 2.23. The van der Waals surface area contributed by atoms with Crippen LogP contribution < -0.4 is 10.1 Å². The van der Waals surface area contributed by atoms with Crippen LogP contribution in [0, 0.1) is 6.92 Å². The number of hydrogen-bond donors (Lipinski definition) is 1. The fraction of sp³-hybridized carbons (Fsp3) is 0.111. The summed E-state index contributed by atoms with van der Waals surface area (Å²) in [6, 6.07) is 12.0. The number of carbonyl (C=O) groups is 1. The average Bonchev–Trinajstić information content (AvgIpc) is 2.85. The summed E-state index contributed by atoms with van der Waals surface area (Å²) < 4.78 is 8.20. The highest BCUT2D eigenvalue weighted by atomic mass is 79.9. The van der Waals surface area contributed by atoms with Crippen molar-refractivity contribution < 1.29 is 9.53 Å². The van der Waals surface area contributed by atoms with Gasteiger partial charge < -0.3 is 10.1 Å². The van der Waals surface area contributed by atoms with Gasteiger partial charge in [-0.3, -0.25) is 4.79 Å². The first-order valence-corrected chi connectivity index (χ1v) is 10.2. The molecule has 3 nitrogen and oxygen atoms in total. The van der Waals surface area contributed by atoms with Crippen LogP contribution in [-0.4, -0.2) is 10.2 Å². The predicted octanol–water partition coefficient (Wildman–Crippen LogP) is 5.59. The Morgan fingerprint density at radius 3 is 2.60 bits per heavy atom. The van der Waals surface area contributed by atoms with Gasteiger partial charge in [0, 0.05) is 10.0 Å². The molecule has 1 saturated heterocycles. The topological polar surface area (TPSA) is 38.3 Å². The van der Waals surface area contributed by atoms with E-state index in [-0.39, 0.29) is 5.91 Å². The van der Waals surface area contributed by atoms with Gasteiger partial charge in [0.2, 0.25) is 0 Å². The van der Waals surface area contributed by atoms with Crippen molar-refractivity contribution in [2.24, 2.45) is 0 Å². The van der Waals surface area contributed by atoms with Crippen molar-refractivity contribution in [2.45, 2.75) is 13.5 Å². The van der Waals surface area contributed by atoms with Crippen LogP contribution in [0.5, 0.6) is 5.75 Å². The second-order valence-electron chi connectivity index (χ2n) is 5.43. The third-order valence-corrected chi connectivity index (χ3v) is 5.68. The van der Waals surface area contributed by atoms with E-state index in [9.17, 15) is 4.79 Å². The number of thiocarbonyl (C=S) groups is 1. The maximum Gasteiger partial charge on any atom is 0.263 e. The number of nitrogens with one attached hydrogen (secondary N) is 1. The molecule has 128 valence electrons. The molecule has 0 saturated carbocycles. The lowest BCUT2D eigenvalue weighted by Gasteiger charge is -2.13. The van der Waals surface area contributed by atoms with Crippen LogP contribution in [0.2, 0.25) is 0 Å². The number of halogens is 2. The molecule has 1 amide bonds. The van der Waals surface area contributed by atoms with Crippen molar-refractivity contribution in [1.29, 1.82) is 0 Å². The third kappa shape index (κ3) is 4.73. The molecule has 1 aliphatic rings. The van der Waals surface area contributed by atoms with Crippen molar-refractivity contribution in [3.8, 4) is 5.75 Å². The minimum Gasteiger partial charge on any atom is -0.487 e. The molecule has 2 aromatic rings. The van der Waals surface area contributed by atoms with E-state index in [1.54, 1.807) is 6.08 Å². The Morgan fingerprint density at radius 2 is 1.96 bits per heavy atom. The Hall–Kier alpha value is -1.15. The molecule has 0 atom stereocenters. The van der Waals surface area contributed by atoms with Gasteiger partial charge in [0.05, 0.1) is 9.38 Å². The van der Waals surface area contributed by atoms with Gasteiger partial charge in [0.1, 0.15) is 16.7 Å². The predicted molar refractivity (Wildman–Crippen MR) is 114 cm³/mol. The lowest BCUT2D eigenvalue weighted by Crippen LogP contribution is -2.17. The molecule has 0 bridgehead atoms. The standard InChI is InChI=1S/C18H13Br2NO2S2/c1-10-2-4-11(5-3-10)9-23-16-12(6-13(19)8-14(16)20)7-15-17(22)21-18(24)25-15/h2-8H,9H2,1H3,(H,21,22,24)/b15-7-. The summed E-state index contributed by atoms with van der Waals surface area (Å²) in [6.07, 6.45) is 1.79. The second-order valence-corrected chi connectivity index (χ2v) is 8.92. The lowest BCUT2D eigenvalue weighted by molar-refractivity contribution is -0.115. The zero-order chi connectivity index (χ0) is 18.0. The van der Waals surface area contributed by atoms with Crippen LogP contribution >= 0.6 is 55.8 Å². The Kier molecular flexibility index (Phi) is 5.99. The Labute approximate surface area is 172 Å². The number of ether oxygens (including phenoxy) is 1. The first kappa shape index (κ1) is 18.6. The van der Waals surface area contributed by atoms with Gasteiger partial charge in [0.15, 0.2) is 0 Å². The van der Waals surface area contributed by atoms with Gasteiger partial charge in [-0.15, -0.1) is 0 Å². The van der Waals surface area contributed by atoms with Gasteiger partial charge >= 0.3 is 0 Å². The highest BCUT2D eigenvalue weighted by Crippen LogP contribution is 2.37. The van der Waals surface area contributed by atoms with Crippen LogP contribution in [-0.2, 0) is 11.4 Å². The molecule has 0 unspecified atom stereocenters. The van der Waals surface area contributed by atoms with Crippen molar-refractivity contribution in [3.63, 3.8) is 0 Å². The molecule has 3 rings (SSSR count). The van der Waals surface area contributed by atoms with Gasteiger partial charge in [-0.05, 0) is 46.6 Å². The zero-order valence-electron chi connectivity index (χ0n) is 13.1. The Morgan fingerprint density at radius 1 is 1.24 bits per heavy atom. The number of benzene rings is 2. The number of carbonyl (C=O) groups excluding carboxylic acids is 1. The Bertz CT molecular complexity index is 879. The van der Waals surface area contributed by atoms with Crippen LogP contribution in [0.4, 0.5) is 0 Å². The summed E-state index contributed by atoms with van der Waals surface area (Å²) >= 11 is 13.3. The summed E-state index contributed by atoms with van der Waals surface area (Å²) in [7, 11) is 0. The molecule has 0 aliphatic carbocycles. The molecule has 1 fully saturated rings. The summed E-state index contributed by atoms with van der Waals surface area (Å²) in [6.45, 7) is 2.49. The van der Waals surface area contributed by atoms with Crippen LogP contribution in [0.3, 0.4) is 0 Å². The molecule has 0 spiro atoms. The minimum absolute atomic E-state index is 0.185. The molecule has 0 aromatic heterocycles. The number of rotatable bonds is 4. The van der Waals surface area contributed by atoms with Crippen LogP contribution in [0.15, 0.2) is 50.2 Å².